The van der Waals surface area contributed by atoms with Crippen LogP contribution >= 0.6 is 22.9 Å². The highest BCUT2D eigenvalue weighted by atomic mass is 35.5. The number of ether oxygens (including phenoxy) is 1. The zero-order valence-electron chi connectivity index (χ0n) is 8.49. The van der Waals surface area contributed by atoms with Crippen molar-refractivity contribution < 1.29 is 14.6 Å². The molecular formula is C11H9ClO3S. The molecule has 0 saturated carbocycles. The summed E-state index contributed by atoms with van der Waals surface area (Å²) in [4.78, 5) is 11.4. The molecule has 0 radical (unpaired) electrons. The molecule has 5 heteroatoms. The topological polar surface area (TPSA) is 46.5 Å². The van der Waals surface area contributed by atoms with Crippen molar-refractivity contribution in [2.75, 3.05) is 7.11 Å². The largest absolute Gasteiger partial charge is 0.477 e. The first-order valence-corrected chi connectivity index (χ1v) is 5.76. The van der Waals surface area contributed by atoms with Gasteiger partial charge in [-0.05, 0) is 18.2 Å². The van der Waals surface area contributed by atoms with Crippen molar-refractivity contribution in [2.45, 2.75) is 6.61 Å². The smallest absolute Gasteiger partial charge is 0.346 e. The average molecular weight is 257 g/mol. The molecule has 0 aliphatic heterocycles. The normalized spacial score (nSPS) is 10.9. The zero-order valence-corrected chi connectivity index (χ0v) is 10.1. The Morgan fingerprint density at radius 3 is 2.94 bits per heavy atom. The summed E-state index contributed by atoms with van der Waals surface area (Å²) < 4.78 is 5.94. The molecule has 0 aliphatic rings. The number of fused-ring (bicyclic) bond motifs is 1. The van der Waals surface area contributed by atoms with Crippen LogP contribution in [0.3, 0.4) is 0 Å². The maximum absolute atomic E-state index is 11.1. The molecule has 0 unspecified atom stereocenters. The van der Waals surface area contributed by atoms with Gasteiger partial charge in [0.15, 0.2) is 0 Å². The number of benzene rings is 1. The van der Waals surface area contributed by atoms with Gasteiger partial charge in [0, 0.05) is 27.8 Å². The quantitative estimate of drug-likeness (QED) is 0.916. The first kappa shape index (κ1) is 11.4. The van der Waals surface area contributed by atoms with Crippen LogP contribution in [0, 0.1) is 0 Å². The lowest BCUT2D eigenvalue weighted by Crippen LogP contribution is -1.98. The summed E-state index contributed by atoms with van der Waals surface area (Å²) in [5.74, 6) is -0.927. The van der Waals surface area contributed by atoms with Gasteiger partial charge in [0.05, 0.1) is 6.61 Å². The molecule has 2 rings (SSSR count). The van der Waals surface area contributed by atoms with E-state index in [1.165, 1.54) is 11.3 Å². The molecule has 0 bridgehead atoms. The average Bonchev–Trinajstić information content (AvgIpc) is 2.58. The lowest BCUT2D eigenvalue weighted by Gasteiger charge is -1.99. The fourth-order valence-corrected chi connectivity index (χ4v) is 2.78. The summed E-state index contributed by atoms with van der Waals surface area (Å²) in [6.45, 7) is 0.280. The second-order valence-electron chi connectivity index (χ2n) is 3.29. The van der Waals surface area contributed by atoms with E-state index in [0.717, 1.165) is 10.1 Å². The highest BCUT2D eigenvalue weighted by molar-refractivity contribution is 7.21. The zero-order chi connectivity index (χ0) is 11.7. The number of carbonyl (C=O) groups is 1. The Balaban J connectivity index is 2.71. The van der Waals surface area contributed by atoms with Gasteiger partial charge >= 0.3 is 5.97 Å². The van der Waals surface area contributed by atoms with Crippen molar-refractivity contribution in [2.24, 2.45) is 0 Å². The van der Waals surface area contributed by atoms with Crippen LogP contribution in [0.4, 0.5) is 0 Å². The van der Waals surface area contributed by atoms with E-state index >= 15 is 0 Å². The molecule has 0 amide bonds. The van der Waals surface area contributed by atoms with E-state index in [1.54, 1.807) is 19.2 Å². The van der Waals surface area contributed by atoms with Crippen molar-refractivity contribution in [1.29, 1.82) is 0 Å². The monoisotopic (exact) mass is 256 g/mol. The van der Waals surface area contributed by atoms with E-state index in [2.05, 4.69) is 0 Å². The Hall–Kier alpha value is -1.10. The molecule has 1 aromatic carbocycles. The van der Waals surface area contributed by atoms with Gasteiger partial charge in [0.25, 0.3) is 0 Å². The number of hydrogen-bond acceptors (Lipinski definition) is 3. The summed E-state index contributed by atoms with van der Waals surface area (Å²) in [6.07, 6.45) is 0. The lowest BCUT2D eigenvalue weighted by atomic mass is 10.1. The van der Waals surface area contributed by atoms with Crippen molar-refractivity contribution in [1.82, 2.24) is 0 Å². The summed E-state index contributed by atoms with van der Waals surface area (Å²) in [7, 11) is 1.54. The van der Waals surface area contributed by atoms with E-state index in [9.17, 15) is 4.79 Å². The fourth-order valence-electron chi connectivity index (χ4n) is 1.58. The van der Waals surface area contributed by atoms with E-state index in [-0.39, 0.29) is 6.61 Å². The van der Waals surface area contributed by atoms with Crippen LogP contribution in [-0.2, 0) is 11.3 Å². The molecule has 0 spiro atoms. The van der Waals surface area contributed by atoms with Gasteiger partial charge in [-0.1, -0.05) is 11.6 Å². The molecule has 0 aliphatic carbocycles. The second kappa shape index (κ2) is 4.41. The molecule has 1 N–H and O–H groups in total. The minimum Gasteiger partial charge on any atom is -0.477 e. The van der Waals surface area contributed by atoms with Gasteiger partial charge in [-0.3, -0.25) is 0 Å². The predicted octanol–water partition coefficient (Wildman–Crippen LogP) is 3.40. The third kappa shape index (κ3) is 1.91. The molecule has 2 aromatic rings. The summed E-state index contributed by atoms with van der Waals surface area (Å²) in [6, 6.07) is 5.35. The van der Waals surface area contributed by atoms with Gasteiger partial charge < -0.3 is 9.84 Å². The van der Waals surface area contributed by atoms with Crippen molar-refractivity contribution >= 4 is 39.0 Å². The van der Waals surface area contributed by atoms with Crippen LogP contribution < -0.4 is 0 Å². The number of carboxylic acids is 1. The first-order chi connectivity index (χ1) is 7.63. The van der Waals surface area contributed by atoms with Crippen LogP contribution in [0.25, 0.3) is 10.1 Å². The molecule has 3 nitrogen and oxygen atoms in total. The molecule has 0 saturated heterocycles. The second-order valence-corrected chi connectivity index (χ2v) is 4.78. The number of rotatable bonds is 3. The van der Waals surface area contributed by atoms with Crippen LogP contribution in [0.1, 0.15) is 15.2 Å². The Kier molecular flexibility index (Phi) is 3.14. The van der Waals surface area contributed by atoms with E-state index in [1.807, 2.05) is 6.07 Å². The first-order valence-electron chi connectivity index (χ1n) is 4.56. The van der Waals surface area contributed by atoms with Crippen LogP contribution in [0.15, 0.2) is 18.2 Å². The standard InChI is InChI=1S/C11H9ClO3S/c1-15-5-8-7-4-6(12)2-3-9(7)16-10(8)11(13)14/h2-4H,5H2,1H3,(H,13,14). The van der Waals surface area contributed by atoms with Crippen molar-refractivity contribution in [3.63, 3.8) is 0 Å². The van der Waals surface area contributed by atoms with Crippen LogP contribution in [0.5, 0.6) is 0 Å². The minimum atomic E-state index is -0.927. The molecule has 1 heterocycles. The Morgan fingerprint density at radius 1 is 1.56 bits per heavy atom. The highest BCUT2D eigenvalue weighted by Gasteiger charge is 2.17. The molecule has 0 atom stereocenters. The SMILES string of the molecule is COCc1c(C(=O)O)sc2ccc(Cl)cc12. The van der Waals surface area contributed by atoms with Gasteiger partial charge in [0.1, 0.15) is 4.88 Å². The number of halogens is 1. The summed E-state index contributed by atoms with van der Waals surface area (Å²) >= 11 is 7.14. The van der Waals surface area contributed by atoms with E-state index in [4.69, 9.17) is 21.4 Å². The van der Waals surface area contributed by atoms with E-state index in [0.29, 0.717) is 15.5 Å². The number of carboxylic acid groups (broad SMARTS) is 1. The molecule has 0 fully saturated rings. The molecule has 16 heavy (non-hydrogen) atoms. The Morgan fingerprint density at radius 2 is 2.31 bits per heavy atom. The Labute approximate surface area is 101 Å². The fraction of sp³-hybridized carbons (Fsp3) is 0.182. The highest BCUT2D eigenvalue weighted by Crippen LogP contribution is 2.33. The maximum atomic E-state index is 11.1. The minimum absolute atomic E-state index is 0.280. The number of methoxy groups -OCH3 is 1. The van der Waals surface area contributed by atoms with Gasteiger partial charge in [-0.15, -0.1) is 11.3 Å². The summed E-state index contributed by atoms with van der Waals surface area (Å²) in [5, 5.41) is 10.5. The number of hydrogen-bond donors (Lipinski definition) is 1. The lowest BCUT2D eigenvalue weighted by molar-refractivity contribution is 0.0698. The molecule has 84 valence electrons. The number of thiophene rings is 1. The Bertz CT molecular complexity index is 547. The third-order valence-corrected chi connectivity index (χ3v) is 3.67. The van der Waals surface area contributed by atoms with Gasteiger partial charge in [0.2, 0.25) is 0 Å². The van der Waals surface area contributed by atoms with Crippen LogP contribution in [-0.4, -0.2) is 18.2 Å². The molecule has 1 aromatic heterocycles. The summed E-state index contributed by atoms with van der Waals surface area (Å²) in [5.41, 5.74) is 0.692. The van der Waals surface area contributed by atoms with Gasteiger partial charge in [-0.25, -0.2) is 4.79 Å². The van der Waals surface area contributed by atoms with Crippen LogP contribution in [0.2, 0.25) is 5.02 Å². The molecular weight excluding hydrogens is 248 g/mol. The van der Waals surface area contributed by atoms with Crippen molar-refractivity contribution in [3.05, 3.63) is 33.7 Å². The van der Waals surface area contributed by atoms with Crippen molar-refractivity contribution in [3.8, 4) is 0 Å². The van der Waals surface area contributed by atoms with E-state index < -0.39 is 5.97 Å². The number of aromatic carboxylic acids is 1. The van der Waals surface area contributed by atoms with Gasteiger partial charge in [-0.2, -0.15) is 0 Å². The maximum Gasteiger partial charge on any atom is 0.346 e. The predicted molar refractivity (Wildman–Crippen MR) is 64.5 cm³/mol. The third-order valence-electron chi connectivity index (χ3n) is 2.24.